The predicted molar refractivity (Wildman–Crippen MR) is 145 cm³/mol. The third-order valence-electron chi connectivity index (χ3n) is 6.63. The van der Waals surface area contributed by atoms with Crippen LogP contribution in [-0.4, -0.2) is 46.4 Å². The van der Waals surface area contributed by atoms with Crippen LogP contribution in [0.5, 0.6) is 5.75 Å². The number of ether oxygens (including phenoxy) is 1. The first-order valence-electron chi connectivity index (χ1n) is 11.8. The number of carbonyl (C=O) groups is 1. The Morgan fingerprint density at radius 1 is 1.22 bits per heavy atom. The van der Waals surface area contributed by atoms with Crippen molar-refractivity contribution < 1.29 is 13.9 Å². The number of rotatable bonds is 4. The Kier molecular flexibility index (Phi) is 6.64. The van der Waals surface area contributed by atoms with E-state index in [0.29, 0.717) is 29.4 Å². The van der Waals surface area contributed by atoms with E-state index in [4.69, 9.17) is 33.7 Å². The number of urea groups is 1. The molecule has 10 heteroatoms. The molecule has 1 aliphatic rings. The van der Waals surface area contributed by atoms with E-state index in [1.54, 1.807) is 38.2 Å². The average molecular weight is 542 g/mol. The smallest absolute Gasteiger partial charge is 0.319 e. The molecule has 1 atom stereocenters. The van der Waals surface area contributed by atoms with Crippen LogP contribution in [0.15, 0.2) is 42.6 Å². The number of nitrogen functional groups attached to an aromatic ring is 1. The van der Waals surface area contributed by atoms with E-state index in [0.717, 1.165) is 39.7 Å². The quantitative estimate of drug-likeness (QED) is 0.291. The number of hydrogen-bond acceptors (Lipinski definition) is 4. The van der Waals surface area contributed by atoms with Gasteiger partial charge in [0.25, 0.3) is 0 Å². The van der Waals surface area contributed by atoms with Crippen molar-refractivity contribution in [2.75, 3.05) is 26.4 Å². The highest BCUT2D eigenvalue weighted by molar-refractivity contribution is 6.36. The molecule has 0 saturated heterocycles. The number of fused-ring (bicyclic) bond motifs is 3. The molecule has 0 aliphatic carbocycles. The fourth-order valence-electron chi connectivity index (χ4n) is 4.71. The van der Waals surface area contributed by atoms with Crippen LogP contribution in [0.25, 0.3) is 22.0 Å². The predicted octanol–water partition coefficient (Wildman–Crippen LogP) is 6.44. The molecule has 0 fully saturated rings. The van der Waals surface area contributed by atoms with Crippen molar-refractivity contribution in [3.63, 3.8) is 0 Å². The average Bonchev–Trinajstić information content (AvgIpc) is 3.24. The Morgan fingerprint density at radius 3 is 2.76 bits per heavy atom. The van der Waals surface area contributed by atoms with Gasteiger partial charge in [-0.25, -0.2) is 14.2 Å². The molecule has 3 heterocycles. The summed E-state index contributed by atoms with van der Waals surface area (Å²) in [5.74, 6) is -0.0529. The van der Waals surface area contributed by atoms with Gasteiger partial charge in [-0.3, -0.25) is 0 Å². The van der Waals surface area contributed by atoms with Crippen molar-refractivity contribution in [2.24, 2.45) is 0 Å². The lowest BCUT2D eigenvalue weighted by Gasteiger charge is -2.29. The van der Waals surface area contributed by atoms with Gasteiger partial charge in [0.15, 0.2) is 11.6 Å². The number of nitrogens with zero attached hydrogens (tertiary/aromatic N) is 3. The van der Waals surface area contributed by atoms with Crippen molar-refractivity contribution in [2.45, 2.75) is 26.0 Å². The number of aromatic amines is 1. The molecular formula is C27H26Cl2FN5O2. The fraction of sp³-hybridized carbons (Fsp3) is 0.259. The van der Waals surface area contributed by atoms with E-state index in [2.05, 4.69) is 16.0 Å². The molecule has 0 spiro atoms. The first-order chi connectivity index (χ1) is 17.6. The van der Waals surface area contributed by atoms with E-state index < -0.39 is 11.9 Å². The Bertz CT molecular complexity index is 1520. The van der Waals surface area contributed by atoms with Gasteiger partial charge in [-0.1, -0.05) is 29.3 Å². The van der Waals surface area contributed by atoms with Gasteiger partial charge in [0.2, 0.25) is 0 Å². The van der Waals surface area contributed by atoms with Gasteiger partial charge in [0.1, 0.15) is 11.9 Å². The van der Waals surface area contributed by atoms with E-state index >= 15 is 0 Å². The first-order valence-corrected chi connectivity index (χ1v) is 12.5. The summed E-state index contributed by atoms with van der Waals surface area (Å²) in [6, 6.07) is 10.5. The number of benzene rings is 2. The molecule has 4 aromatic rings. The van der Waals surface area contributed by atoms with Gasteiger partial charge in [-0.05, 0) is 42.8 Å². The van der Waals surface area contributed by atoms with Crippen molar-refractivity contribution >= 4 is 46.0 Å². The van der Waals surface area contributed by atoms with E-state index in [9.17, 15) is 9.18 Å². The van der Waals surface area contributed by atoms with Gasteiger partial charge >= 0.3 is 6.03 Å². The maximum absolute atomic E-state index is 14.0. The molecule has 2 aromatic carbocycles. The van der Waals surface area contributed by atoms with Crippen LogP contribution in [-0.2, 0) is 13.0 Å². The molecule has 5 rings (SSSR count). The molecule has 0 unspecified atom stereocenters. The highest BCUT2D eigenvalue weighted by Crippen LogP contribution is 2.38. The summed E-state index contributed by atoms with van der Waals surface area (Å²) in [7, 11) is 3.52. The number of anilines is 1. The Morgan fingerprint density at radius 2 is 2.00 bits per heavy atom. The van der Waals surface area contributed by atoms with Crippen LogP contribution in [0.2, 0.25) is 10.0 Å². The number of halogens is 3. The molecule has 1 aliphatic heterocycles. The zero-order valence-electron chi connectivity index (χ0n) is 20.6. The first kappa shape index (κ1) is 25.2. The molecule has 192 valence electrons. The largest absolute Gasteiger partial charge is 0.482 e. The number of H-pyrrole nitrogens is 1. The van der Waals surface area contributed by atoms with E-state index in [1.165, 1.54) is 12.1 Å². The van der Waals surface area contributed by atoms with Crippen LogP contribution in [0.1, 0.15) is 29.8 Å². The number of aromatic nitrogens is 2. The maximum Gasteiger partial charge on any atom is 0.319 e. The summed E-state index contributed by atoms with van der Waals surface area (Å²) in [6.07, 6.45) is 1.77. The Hall–Kier alpha value is -3.49. The lowest BCUT2D eigenvalue weighted by Crippen LogP contribution is -2.41. The monoisotopic (exact) mass is 541 g/mol. The van der Waals surface area contributed by atoms with Gasteiger partial charge < -0.3 is 25.3 Å². The molecule has 37 heavy (non-hydrogen) atoms. The van der Waals surface area contributed by atoms with Crippen LogP contribution in [0, 0.1) is 5.82 Å². The lowest BCUT2D eigenvalue weighted by molar-refractivity contribution is 0.165. The molecule has 7 nitrogen and oxygen atoms in total. The molecular weight excluding hydrogens is 516 g/mol. The van der Waals surface area contributed by atoms with Gasteiger partial charge in [0, 0.05) is 78.1 Å². The fourth-order valence-corrected chi connectivity index (χ4v) is 5.39. The van der Waals surface area contributed by atoms with Crippen LogP contribution in [0.4, 0.5) is 15.0 Å². The molecule has 2 aromatic heterocycles. The standard InChI is InChI=1S/C27H26Cl2FN5O2/c1-14(24-19(28)5-6-20(30)25(24)29)37-23-11-16(12-32-26(23)31)15-4-7-21-17(10-15)18-13-35(27(36)34(2)3)9-8-22(18)33-21/h4-7,10-12,14,33H,8-9,13H2,1-3H3,(H2,31,32)/t14-/m1/s1. The second-order valence-corrected chi connectivity index (χ2v) is 10.1. The van der Waals surface area contributed by atoms with Gasteiger partial charge in [-0.2, -0.15) is 0 Å². The zero-order chi connectivity index (χ0) is 26.4. The number of pyridine rings is 1. The van der Waals surface area contributed by atoms with Crippen molar-refractivity contribution in [3.8, 4) is 16.9 Å². The third-order valence-corrected chi connectivity index (χ3v) is 7.35. The second-order valence-electron chi connectivity index (χ2n) is 9.32. The topological polar surface area (TPSA) is 87.5 Å². The number of hydrogen-bond donors (Lipinski definition) is 2. The summed E-state index contributed by atoms with van der Waals surface area (Å²) >= 11 is 12.4. The van der Waals surface area contributed by atoms with E-state index in [-0.39, 0.29) is 16.9 Å². The number of carbonyl (C=O) groups excluding carboxylic acids is 1. The summed E-state index contributed by atoms with van der Waals surface area (Å²) in [5.41, 5.74) is 11.4. The Balaban J connectivity index is 1.47. The SMILES string of the molecule is C[C@@H](Oc1cc(-c2ccc3[nH]c4c(c3c2)CN(C(=O)N(C)C)CC4)cnc1N)c1c(Cl)ccc(F)c1Cl. The van der Waals surface area contributed by atoms with Gasteiger partial charge in [-0.15, -0.1) is 0 Å². The van der Waals surface area contributed by atoms with Gasteiger partial charge in [0.05, 0.1) is 5.02 Å². The summed E-state index contributed by atoms with van der Waals surface area (Å²) in [6.45, 7) is 2.93. The minimum absolute atomic E-state index is 0.00620. The second kappa shape index (κ2) is 9.76. The number of amides is 2. The lowest BCUT2D eigenvalue weighted by atomic mass is 10.0. The normalized spacial score (nSPS) is 13.9. The minimum atomic E-state index is -0.672. The third kappa shape index (κ3) is 4.67. The summed E-state index contributed by atoms with van der Waals surface area (Å²) < 4.78 is 20.1. The van der Waals surface area contributed by atoms with Crippen LogP contribution < -0.4 is 10.5 Å². The van der Waals surface area contributed by atoms with Crippen LogP contribution in [0.3, 0.4) is 0 Å². The van der Waals surface area contributed by atoms with Crippen molar-refractivity contribution in [3.05, 3.63) is 75.3 Å². The number of nitrogens with two attached hydrogens (primary N) is 1. The minimum Gasteiger partial charge on any atom is -0.482 e. The molecule has 3 N–H and O–H groups in total. The Labute approximate surface area is 223 Å². The van der Waals surface area contributed by atoms with E-state index in [1.807, 2.05) is 17.0 Å². The van der Waals surface area contributed by atoms with Crippen molar-refractivity contribution in [1.82, 2.24) is 19.8 Å². The van der Waals surface area contributed by atoms with Crippen LogP contribution >= 0.6 is 23.2 Å². The summed E-state index contributed by atoms with van der Waals surface area (Å²) in [4.78, 5) is 23.8. The maximum atomic E-state index is 14.0. The van der Waals surface area contributed by atoms with Crippen molar-refractivity contribution in [1.29, 1.82) is 0 Å². The molecule has 0 radical (unpaired) electrons. The molecule has 0 saturated carbocycles. The highest BCUT2D eigenvalue weighted by Gasteiger charge is 2.25. The molecule has 0 bridgehead atoms. The zero-order valence-corrected chi connectivity index (χ0v) is 22.1. The highest BCUT2D eigenvalue weighted by atomic mass is 35.5. The molecule has 2 amide bonds. The number of nitrogens with one attached hydrogen (secondary N) is 1. The summed E-state index contributed by atoms with van der Waals surface area (Å²) in [5, 5.41) is 1.26.